The molecule has 2 aliphatic heterocycles. The molecule has 2 aromatic rings. The molecule has 2 saturated heterocycles. The quantitative estimate of drug-likeness (QED) is 0.264. The zero-order chi connectivity index (χ0) is 40.3. The summed E-state index contributed by atoms with van der Waals surface area (Å²) in [6, 6.07) is 13.8. The smallest absolute Gasteiger partial charge is 0.306 e. The van der Waals surface area contributed by atoms with Gasteiger partial charge in [0, 0.05) is 28.6 Å². The average Bonchev–Trinajstić information content (AvgIpc) is 3.20. The standard InChI is InChI=1S/C30H41NO8S/c1-21(2)17-31(40(34,35)25-11-9-22(3)10-12-25)18-27(38-20-32)24(15-23-7-5-4-6-8-23)16-29(33)39-28-19-37-30-26(28)13-14-36-30/h4-12,21,24,26-28,30,32H,13-20H2,1-3H3/t24-,26+,27-,28+,30-/m1/s1/i1D3,13D2,14D2,19D2,21D,26D,28D,30D/t21?,24-,26+,27-,28+,30-. The molecule has 2 aromatic carbocycles. The van der Waals surface area contributed by atoms with Crippen LogP contribution in [-0.2, 0) is 40.2 Å². The number of hydrogen-bond acceptors (Lipinski definition) is 8. The van der Waals surface area contributed by atoms with Crippen LogP contribution in [0.3, 0.4) is 0 Å². The SMILES string of the molecule is [2H]C([2H])([2H])C([2H])(C)CN(C[C@@H](OCO)[C@@H](CC(=O)O[C@@]1([2H])C([2H])([2H])O[C@@]2([2H])OC([2H])([2H])C([2H])([2H])[C@]21[2H])Cc1ccccc1)S(=O)(=O)c1ccc(C)cc1. The van der Waals surface area contributed by atoms with Gasteiger partial charge in [0.25, 0.3) is 0 Å². The van der Waals surface area contributed by atoms with E-state index < -0.39 is 105 Å². The minimum atomic E-state index is -4.60. The van der Waals surface area contributed by atoms with Crippen LogP contribution in [0.25, 0.3) is 0 Å². The van der Waals surface area contributed by atoms with E-state index in [1.807, 2.05) is 0 Å². The number of benzene rings is 2. The third-order valence-electron chi connectivity index (χ3n) is 6.24. The highest BCUT2D eigenvalue weighted by Gasteiger charge is 2.44. The molecule has 1 unspecified atom stereocenters. The maximum atomic E-state index is 14.1. The number of hydrogen-bond donors (Lipinski definition) is 1. The van der Waals surface area contributed by atoms with E-state index in [-0.39, 0.29) is 11.3 Å². The van der Waals surface area contributed by atoms with E-state index in [4.69, 9.17) is 36.8 Å². The molecule has 0 amide bonds. The highest BCUT2D eigenvalue weighted by Crippen LogP contribution is 2.34. The molecule has 0 aromatic heterocycles. The first-order chi connectivity index (χ1) is 24.0. The van der Waals surface area contributed by atoms with E-state index in [0.29, 0.717) is 15.4 Å². The summed E-state index contributed by atoms with van der Waals surface area (Å²) in [7, 11) is -4.60. The lowest BCUT2D eigenvalue weighted by molar-refractivity contribution is -0.154. The first-order valence-corrected chi connectivity index (χ1v) is 13.9. The highest BCUT2D eigenvalue weighted by atomic mass is 32.2. The summed E-state index contributed by atoms with van der Waals surface area (Å²) < 4.78 is 156. The van der Waals surface area contributed by atoms with Crippen LogP contribution in [0.4, 0.5) is 0 Å². The van der Waals surface area contributed by atoms with Crippen molar-refractivity contribution in [2.24, 2.45) is 17.7 Å². The van der Waals surface area contributed by atoms with Crippen molar-refractivity contribution >= 4 is 16.0 Å². The van der Waals surface area contributed by atoms with Gasteiger partial charge in [0.2, 0.25) is 10.0 Å². The Balaban J connectivity index is 1.77. The Morgan fingerprint density at radius 3 is 2.67 bits per heavy atom. The summed E-state index contributed by atoms with van der Waals surface area (Å²) in [6.45, 7) is -10.1. The first kappa shape index (κ1) is 17.6. The molecular weight excluding hydrogens is 534 g/mol. The van der Waals surface area contributed by atoms with Gasteiger partial charge in [-0.15, -0.1) is 0 Å². The first-order valence-electron chi connectivity index (χ1n) is 19.0. The van der Waals surface area contributed by atoms with Crippen molar-refractivity contribution < 1.29 is 55.1 Å². The van der Waals surface area contributed by atoms with Crippen LogP contribution >= 0.6 is 0 Å². The van der Waals surface area contributed by atoms with Crippen molar-refractivity contribution in [3.63, 3.8) is 0 Å². The van der Waals surface area contributed by atoms with Gasteiger partial charge in [0.15, 0.2) is 6.27 Å². The molecule has 0 bridgehead atoms. The van der Waals surface area contributed by atoms with Crippen LogP contribution < -0.4 is 0 Å². The Labute approximate surface area is 255 Å². The fourth-order valence-corrected chi connectivity index (χ4v) is 5.77. The number of aliphatic hydroxyl groups is 1. The van der Waals surface area contributed by atoms with Gasteiger partial charge in [-0.25, -0.2) is 8.42 Å². The molecule has 2 heterocycles. The second-order valence-electron chi connectivity index (χ2n) is 9.38. The van der Waals surface area contributed by atoms with Gasteiger partial charge in [-0.1, -0.05) is 61.8 Å². The third-order valence-corrected chi connectivity index (χ3v) is 8.07. The van der Waals surface area contributed by atoms with Crippen molar-refractivity contribution in [2.75, 3.05) is 33.0 Å². The molecule has 0 spiro atoms. The summed E-state index contributed by atoms with van der Waals surface area (Å²) in [4.78, 5) is 13.5. The largest absolute Gasteiger partial charge is 0.459 e. The highest BCUT2D eigenvalue weighted by molar-refractivity contribution is 7.89. The van der Waals surface area contributed by atoms with Gasteiger partial charge >= 0.3 is 5.97 Å². The minimum absolute atomic E-state index is 0.147. The Kier molecular flexibility index (Phi) is 6.16. The molecule has 1 N–H and O–H groups in total. The molecule has 220 valence electrons. The molecule has 6 atom stereocenters. The second-order valence-corrected chi connectivity index (χ2v) is 11.3. The van der Waals surface area contributed by atoms with Crippen molar-refractivity contribution in [2.45, 2.75) is 63.3 Å². The summed E-state index contributed by atoms with van der Waals surface area (Å²) in [5.41, 5.74) is 1.23. The number of esters is 1. The van der Waals surface area contributed by atoms with Gasteiger partial charge < -0.3 is 24.1 Å². The second kappa shape index (κ2) is 14.0. The summed E-state index contributed by atoms with van der Waals surface area (Å²) >= 11 is 0. The van der Waals surface area contributed by atoms with E-state index in [0.717, 1.165) is 6.92 Å². The number of fused-ring (bicyclic) bond motifs is 1. The Hall–Kier alpha value is -2.34. The van der Waals surface area contributed by atoms with E-state index >= 15 is 0 Å². The predicted octanol–water partition coefficient (Wildman–Crippen LogP) is 3.53. The number of aryl methyl sites for hydroxylation is 1. The van der Waals surface area contributed by atoms with Crippen molar-refractivity contribution in [3.05, 3.63) is 65.7 Å². The number of sulfonamides is 1. The van der Waals surface area contributed by atoms with E-state index in [9.17, 15) is 18.3 Å². The summed E-state index contributed by atoms with van der Waals surface area (Å²) in [5, 5.41) is 9.96. The van der Waals surface area contributed by atoms with Crippen LogP contribution in [0.1, 0.15) is 55.5 Å². The summed E-state index contributed by atoms with van der Waals surface area (Å²) in [6.07, 6.45) is -13.5. The zero-order valence-corrected chi connectivity index (χ0v) is 22.9. The maximum absolute atomic E-state index is 14.1. The number of ether oxygens (including phenoxy) is 4. The number of aliphatic hydroxyl groups excluding tert-OH is 1. The summed E-state index contributed by atoms with van der Waals surface area (Å²) in [5.74, 6) is -8.83. The Bertz CT molecular complexity index is 1750. The van der Waals surface area contributed by atoms with E-state index in [2.05, 4.69) is 0 Å². The molecular formula is C30H41NO8S. The van der Waals surface area contributed by atoms with Crippen LogP contribution in [0.15, 0.2) is 59.5 Å². The van der Waals surface area contributed by atoms with Crippen LogP contribution in [0.2, 0.25) is 0 Å². The number of nitrogens with zero attached hydrogens (tertiary/aromatic N) is 1. The zero-order valence-electron chi connectivity index (χ0n) is 35.0. The van der Waals surface area contributed by atoms with Crippen molar-refractivity contribution in [1.29, 1.82) is 0 Å². The lowest BCUT2D eigenvalue weighted by Gasteiger charge is -2.32. The molecule has 0 radical (unpaired) electrons. The molecule has 10 heteroatoms. The van der Waals surface area contributed by atoms with Crippen LogP contribution in [-0.4, -0.2) is 75.2 Å². The van der Waals surface area contributed by atoms with Crippen LogP contribution in [0, 0.1) is 24.6 Å². The van der Waals surface area contributed by atoms with Gasteiger partial charge in [-0.05, 0) is 43.3 Å². The third kappa shape index (κ3) is 7.90. The fraction of sp³-hybridized carbons (Fsp3) is 0.567. The molecule has 40 heavy (non-hydrogen) atoms. The number of carbonyl (C=O) groups is 1. The normalized spacial score (nSPS) is 38.2. The van der Waals surface area contributed by atoms with E-state index in [1.165, 1.54) is 24.3 Å². The van der Waals surface area contributed by atoms with Crippen LogP contribution in [0.5, 0.6) is 0 Å². The average molecular weight is 589 g/mol. The molecule has 0 aliphatic carbocycles. The lowest BCUT2D eigenvalue weighted by Crippen LogP contribution is -2.44. The molecule has 9 nitrogen and oxygen atoms in total. The van der Waals surface area contributed by atoms with Gasteiger partial charge in [0.1, 0.15) is 12.9 Å². The Morgan fingerprint density at radius 2 is 1.98 bits per heavy atom. The molecule has 2 fully saturated rings. The molecule has 4 rings (SSSR count). The topological polar surface area (TPSA) is 112 Å². The van der Waals surface area contributed by atoms with Gasteiger partial charge in [-0.2, -0.15) is 4.31 Å². The molecule has 2 aliphatic rings. The lowest BCUT2D eigenvalue weighted by atomic mass is 9.90. The number of carbonyl (C=O) groups excluding carboxylic acids is 1. The number of rotatable bonds is 14. The van der Waals surface area contributed by atoms with E-state index in [1.54, 1.807) is 37.3 Å². The predicted molar refractivity (Wildman–Crippen MR) is 149 cm³/mol. The minimum Gasteiger partial charge on any atom is -0.459 e. The fourth-order valence-electron chi connectivity index (χ4n) is 4.29. The van der Waals surface area contributed by atoms with Gasteiger partial charge in [-0.3, -0.25) is 4.79 Å². The van der Waals surface area contributed by atoms with Gasteiger partial charge in [0.05, 0.1) is 44.7 Å². The monoisotopic (exact) mass is 588 g/mol. The Morgan fingerprint density at radius 1 is 1.23 bits per heavy atom. The maximum Gasteiger partial charge on any atom is 0.306 e. The van der Waals surface area contributed by atoms with Crippen molar-refractivity contribution in [1.82, 2.24) is 4.31 Å². The van der Waals surface area contributed by atoms with Crippen molar-refractivity contribution in [3.8, 4) is 0 Å². The molecule has 0 saturated carbocycles.